The molecule has 0 radical (unpaired) electrons. The van der Waals surface area contributed by atoms with Crippen molar-refractivity contribution in [1.29, 1.82) is 0 Å². The number of thiophene rings is 1. The predicted molar refractivity (Wildman–Crippen MR) is 115 cm³/mol. The topological polar surface area (TPSA) is 102 Å². The van der Waals surface area contributed by atoms with Crippen LogP contribution in [0.4, 0.5) is 11.4 Å². The molecule has 0 atom stereocenters. The Morgan fingerprint density at radius 2 is 1.41 bits per heavy atom. The Morgan fingerprint density at radius 3 is 1.90 bits per heavy atom. The Balaban J connectivity index is 1.99. The number of benzene rings is 2. The Labute approximate surface area is 182 Å². The maximum Gasteiger partial charge on any atom is 0.271 e. The summed E-state index contributed by atoms with van der Waals surface area (Å²) in [7, 11) is -6.51. The second-order valence-corrected chi connectivity index (χ2v) is 11.0. The summed E-state index contributed by atoms with van der Waals surface area (Å²) in [6.45, 7) is 0. The van der Waals surface area contributed by atoms with Gasteiger partial charge in [0.05, 0.1) is 33.4 Å². The molecule has 154 valence electrons. The minimum Gasteiger partial charge on any atom is -0.497 e. The van der Waals surface area contributed by atoms with Crippen LogP contribution in [0.5, 0.6) is 5.75 Å². The van der Waals surface area contributed by atoms with Crippen LogP contribution in [-0.2, 0) is 20.0 Å². The van der Waals surface area contributed by atoms with Crippen LogP contribution in [0.1, 0.15) is 0 Å². The van der Waals surface area contributed by atoms with E-state index in [9.17, 15) is 16.8 Å². The SMILES string of the molecule is COc1ccc(S(=O)(=O)Nc2cc(Cl)c(Cl)cc2NS(=O)(=O)c2cccs2)cc1. The van der Waals surface area contributed by atoms with Gasteiger partial charge < -0.3 is 4.74 Å². The second-order valence-electron chi connectivity index (χ2n) is 5.63. The Morgan fingerprint density at radius 1 is 0.862 bits per heavy atom. The number of nitrogens with one attached hydrogen (secondary N) is 2. The molecule has 0 aliphatic heterocycles. The molecule has 0 bridgehead atoms. The van der Waals surface area contributed by atoms with Crippen molar-refractivity contribution in [2.45, 2.75) is 9.10 Å². The van der Waals surface area contributed by atoms with Crippen LogP contribution in [0.3, 0.4) is 0 Å². The third-order valence-electron chi connectivity index (χ3n) is 3.68. The molecule has 3 rings (SSSR count). The molecular weight excluding hydrogens is 479 g/mol. The average molecular weight is 493 g/mol. The Kier molecular flexibility index (Phi) is 6.30. The Hall–Kier alpha value is -1.98. The van der Waals surface area contributed by atoms with Crippen LogP contribution in [0.25, 0.3) is 0 Å². The molecular formula is C17H14Cl2N2O5S3. The molecule has 2 aromatic carbocycles. The monoisotopic (exact) mass is 492 g/mol. The molecule has 0 amide bonds. The van der Waals surface area contributed by atoms with E-state index in [2.05, 4.69) is 9.44 Å². The van der Waals surface area contributed by atoms with Crippen LogP contribution in [0, 0.1) is 0 Å². The maximum atomic E-state index is 12.7. The molecule has 0 aliphatic rings. The zero-order chi connectivity index (χ0) is 21.2. The van der Waals surface area contributed by atoms with Gasteiger partial charge in [0.2, 0.25) is 0 Å². The van der Waals surface area contributed by atoms with E-state index >= 15 is 0 Å². The summed E-state index contributed by atoms with van der Waals surface area (Å²) in [5.41, 5.74) is -0.139. The number of sulfonamides is 2. The van der Waals surface area contributed by atoms with Crippen molar-refractivity contribution in [2.75, 3.05) is 16.6 Å². The molecule has 1 aromatic heterocycles. The third kappa shape index (κ3) is 4.96. The summed E-state index contributed by atoms with van der Waals surface area (Å²) in [5, 5.41) is 1.72. The predicted octanol–water partition coefficient (Wildman–Crippen LogP) is 4.67. The maximum absolute atomic E-state index is 12.7. The number of hydrogen-bond acceptors (Lipinski definition) is 6. The van der Waals surface area contributed by atoms with Crippen LogP contribution in [-0.4, -0.2) is 23.9 Å². The lowest BCUT2D eigenvalue weighted by Crippen LogP contribution is -2.17. The lowest BCUT2D eigenvalue weighted by molar-refractivity contribution is 0.414. The quantitative estimate of drug-likeness (QED) is 0.498. The molecule has 0 aliphatic carbocycles. The van der Waals surface area contributed by atoms with Crippen molar-refractivity contribution in [1.82, 2.24) is 0 Å². The number of rotatable bonds is 7. The van der Waals surface area contributed by atoms with Gasteiger partial charge in [-0.05, 0) is 47.8 Å². The minimum atomic E-state index is -4.04. The van der Waals surface area contributed by atoms with Gasteiger partial charge >= 0.3 is 0 Å². The van der Waals surface area contributed by atoms with Crippen molar-refractivity contribution in [2.24, 2.45) is 0 Å². The lowest BCUT2D eigenvalue weighted by Gasteiger charge is -2.15. The molecule has 3 aromatic rings. The van der Waals surface area contributed by atoms with E-state index in [4.69, 9.17) is 27.9 Å². The molecule has 1 heterocycles. The van der Waals surface area contributed by atoms with Crippen LogP contribution >= 0.6 is 34.5 Å². The van der Waals surface area contributed by atoms with Gasteiger partial charge in [0, 0.05) is 0 Å². The molecule has 0 spiro atoms. The van der Waals surface area contributed by atoms with E-state index in [1.807, 2.05) is 0 Å². The van der Waals surface area contributed by atoms with E-state index in [0.29, 0.717) is 5.75 Å². The van der Waals surface area contributed by atoms with Gasteiger partial charge in [-0.15, -0.1) is 11.3 Å². The first-order valence-corrected chi connectivity index (χ1v) is 12.4. The highest BCUT2D eigenvalue weighted by atomic mass is 35.5. The fourth-order valence-electron chi connectivity index (χ4n) is 2.29. The van der Waals surface area contributed by atoms with Crippen molar-refractivity contribution < 1.29 is 21.6 Å². The summed E-state index contributed by atoms with van der Waals surface area (Å²) in [6.07, 6.45) is 0. The zero-order valence-corrected chi connectivity index (χ0v) is 18.7. The van der Waals surface area contributed by atoms with Crippen LogP contribution in [0.2, 0.25) is 10.0 Å². The number of ether oxygens (including phenoxy) is 1. The van der Waals surface area contributed by atoms with Gasteiger partial charge in [0.1, 0.15) is 9.96 Å². The standard InChI is InChI=1S/C17H14Cl2N2O5S3/c1-26-11-4-6-12(7-5-11)28(22,23)20-15-9-13(18)14(19)10-16(15)21-29(24,25)17-3-2-8-27-17/h2-10,20-21H,1H3. The van der Waals surface area contributed by atoms with Crippen LogP contribution < -0.4 is 14.2 Å². The van der Waals surface area contributed by atoms with Gasteiger partial charge in [-0.2, -0.15) is 0 Å². The molecule has 29 heavy (non-hydrogen) atoms. The first-order chi connectivity index (χ1) is 13.6. The summed E-state index contributed by atoms with van der Waals surface area (Å²) in [5.74, 6) is 0.489. The normalized spacial score (nSPS) is 11.8. The number of anilines is 2. The summed E-state index contributed by atoms with van der Waals surface area (Å²) in [6, 6.07) is 11.2. The van der Waals surface area contributed by atoms with Gasteiger partial charge in [0.25, 0.3) is 20.0 Å². The van der Waals surface area contributed by atoms with Crippen molar-refractivity contribution in [3.05, 3.63) is 64.0 Å². The van der Waals surface area contributed by atoms with E-state index in [1.165, 1.54) is 49.6 Å². The largest absolute Gasteiger partial charge is 0.497 e. The van der Waals surface area contributed by atoms with E-state index < -0.39 is 20.0 Å². The summed E-state index contributed by atoms with van der Waals surface area (Å²) < 4.78 is 60.3. The second kappa shape index (κ2) is 8.41. The molecule has 0 unspecified atom stereocenters. The highest BCUT2D eigenvalue weighted by Gasteiger charge is 2.22. The summed E-state index contributed by atoms with van der Waals surface area (Å²) in [4.78, 5) is -0.0450. The van der Waals surface area contributed by atoms with E-state index in [0.717, 1.165) is 11.3 Å². The fourth-order valence-corrected chi connectivity index (χ4v) is 5.75. The molecule has 0 fully saturated rings. The third-order valence-corrected chi connectivity index (χ3v) is 8.55. The van der Waals surface area contributed by atoms with Crippen molar-refractivity contribution in [3.8, 4) is 5.75 Å². The minimum absolute atomic E-state index is 0.0450. The number of hydrogen-bond donors (Lipinski definition) is 2. The summed E-state index contributed by atoms with van der Waals surface area (Å²) >= 11 is 13.0. The van der Waals surface area contributed by atoms with E-state index in [-0.39, 0.29) is 30.5 Å². The first kappa shape index (κ1) is 21.7. The van der Waals surface area contributed by atoms with Crippen molar-refractivity contribution in [3.63, 3.8) is 0 Å². The molecule has 0 saturated carbocycles. The van der Waals surface area contributed by atoms with Gasteiger partial charge in [0.15, 0.2) is 0 Å². The van der Waals surface area contributed by atoms with Gasteiger partial charge in [-0.3, -0.25) is 9.44 Å². The lowest BCUT2D eigenvalue weighted by atomic mass is 10.3. The first-order valence-electron chi connectivity index (χ1n) is 7.84. The molecule has 2 N–H and O–H groups in total. The van der Waals surface area contributed by atoms with Gasteiger partial charge in [-0.1, -0.05) is 29.3 Å². The van der Waals surface area contributed by atoms with Crippen molar-refractivity contribution >= 4 is 66.0 Å². The van der Waals surface area contributed by atoms with Crippen LogP contribution in [0.15, 0.2) is 63.0 Å². The molecule has 12 heteroatoms. The van der Waals surface area contributed by atoms with E-state index in [1.54, 1.807) is 11.4 Å². The highest BCUT2D eigenvalue weighted by Crippen LogP contribution is 2.35. The molecule has 0 saturated heterocycles. The Bertz CT molecular complexity index is 1230. The van der Waals surface area contributed by atoms with Gasteiger partial charge in [-0.25, -0.2) is 16.8 Å². The smallest absolute Gasteiger partial charge is 0.271 e. The number of halogens is 2. The fraction of sp³-hybridized carbons (Fsp3) is 0.0588. The zero-order valence-electron chi connectivity index (χ0n) is 14.7. The average Bonchev–Trinajstić information content (AvgIpc) is 3.21. The number of methoxy groups -OCH3 is 1. The highest BCUT2D eigenvalue weighted by molar-refractivity contribution is 7.94. The molecule has 7 nitrogen and oxygen atoms in total.